The van der Waals surface area contributed by atoms with Crippen LogP contribution in [0.25, 0.3) is 0 Å². The fraction of sp³-hybridized carbons (Fsp3) is 0.364. The molecule has 8 heteroatoms. The molecule has 1 aliphatic rings. The molecule has 19 heavy (non-hydrogen) atoms. The number of hydrogen-bond acceptors (Lipinski definition) is 6. The quantitative estimate of drug-likeness (QED) is 0.801. The summed E-state index contributed by atoms with van der Waals surface area (Å²) < 4.78 is 1.94. The van der Waals surface area contributed by atoms with Gasteiger partial charge in [-0.25, -0.2) is 9.97 Å². The lowest BCUT2D eigenvalue weighted by Gasteiger charge is -2.26. The Morgan fingerprint density at radius 1 is 1.32 bits per heavy atom. The number of anilines is 1. The summed E-state index contributed by atoms with van der Waals surface area (Å²) in [5.41, 5.74) is 0.340. The third kappa shape index (κ3) is 2.12. The lowest BCUT2D eigenvalue weighted by Crippen LogP contribution is -2.38. The van der Waals surface area contributed by atoms with Gasteiger partial charge in [0.25, 0.3) is 5.91 Å². The van der Waals surface area contributed by atoms with Crippen LogP contribution < -0.4 is 5.32 Å². The van der Waals surface area contributed by atoms with Crippen LogP contribution in [-0.4, -0.2) is 49.1 Å². The average Bonchev–Trinajstić information content (AvgIpc) is 2.94. The zero-order valence-corrected chi connectivity index (χ0v) is 10.4. The molecule has 2 aromatic heterocycles. The number of nitrogens with zero attached hydrogens (tertiary/aromatic N) is 6. The molecule has 0 spiro atoms. The van der Waals surface area contributed by atoms with Crippen LogP contribution in [0.1, 0.15) is 16.3 Å². The van der Waals surface area contributed by atoms with Crippen molar-refractivity contribution in [1.82, 2.24) is 29.6 Å². The van der Waals surface area contributed by atoms with Crippen molar-refractivity contribution in [2.45, 2.75) is 13.1 Å². The topological polar surface area (TPSA) is 88.8 Å². The fourth-order valence-electron chi connectivity index (χ4n) is 1.97. The summed E-state index contributed by atoms with van der Waals surface area (Å²) in [4.78, 5) is 22.2. The van der Waals surface area contributed by atoms with Crippen molar-refractivity contribution in [2.24, 2.45) is 0 Å². The first-order chi connectivity index (χ1) is 9.28. The molecule has 2 aromatic rings. The summed E-state index contributed by atoms with van der Waals surface area (Å²) in [6.07, 6.45) is 4.70. The molecule has 1 aliphatic heterocycles. The van der Waals surface area contributed by atoms with Crippen LogP contribution in [0.15, 0.2) is 18.7 Å². The van der Waals surface area contributed by atoms with E-state index in [0.29, 0.717) is 31.1 Å². The van der Waals surface area contributed by atoms with Crippen LogP contribution in [0.4, 0.5) is 5.82 Å². The molecule has 0 saturated heterocycles. The van der Waals surface area contributed by atoms with E-state index >= 15 is 0 Å². The average molecular weight is 259 g/mol. The Kier molecular flexibility index (Phi) is 2.82. The van der Waals surface area contributed by atoms with Gasteiger partial charge >= 0.3 is 0 Å². The van der Waals surface area contributed by atoms with Crippen LogP contribution in [-0.2, 0) is 13.1 Å². The van der Waals surface area contributed by atoms with E-state index in [4.69, 9.17) is 0 Å². The van der Waals surface area contributed by atoms with Gasteiger partial charge in [-0.3, -0.25) is 4.79 Å². The van der Waals surface area contributed by atoms with Gasteiger partial charge < -0.3 is 14.8 Å². The number of aromatic nitrogens is 5. The minimum absolute atomic E-state index is 0.135. The van der Waals surface area contributed by atoms with Crippen LogP contribution in [0, 0.1) is 0 Å². The lowest BCUT2D eigenvalue weighted by atomic mass is 10.3. The summed E-state index contributed by atoms with van der Waals surface area (Å²) in [5, 5.41) is 10.7. The minimum Gasteiger partial charge on any atom is -0.372 e. The number of carbonyl (C=O) groups is 1. The maximum absolute atomic E-state index is 12.3. The molecule has 1 N–H and O–H groups in total. The Morgan fingerprint density at radius 2 is 2.21 bits per heavy atom. The number of nitrogens with one attached hydrogen (secondary N) is 1. The Hall–Kier alpha value is -2.51. The van der Waals surface area contributed by atoms with Crippen molar-refractivity contribution in [3.63, 3.8) is 0 Å². The Labute approximate surface area is 109 Å². The van der Waals surface area contributed by atoms with Crippen LogP contribution in [0.3, 0.4) is 0 Å². The van der Waals surface area contributed by atoms with Crippen molar-refractivity contribution < 1.29 is 4.79 Å². The molecule has 0 fully saturated rings. The molecule has 0 aromatic carbocycles. The second kappa shape index (κ2) is 4.63. The van der Waals surface area contributed by atoms with Crippen molar-refractivity contribution >= 4 is 11.7 Å². The lowest BCUT2D eigenvalue weighted by molar-refractivity contribution is 0.0701. The second-order valence-electron chi connectivity index (χ2n) is 4.20. The number of fused-ring (bicyclic) bond motifs is 1. The highest BCUT2D eigenvalue weighted by Crippen LogP contribution is 2.12. The van der Waals surface area contributed by atoms with Gasteiger partial charge in [-0.05, 0) is 0 Å². The van der Waals surface area contributed by atoms with Crippen LogP contribution >= 0.6 is 0 Å². The molecular weight excluding hydrogens is 246 g/mol. The maximum Gasteiger partial charge on any atom is 0.274 e. The first-order valence-corrected chi connectivity index (χ1v) is 5.93. The first-order valence-electron chi connectivity index (χ1n) is 5.93. The molecule has 98 valence electrons. The summed E-state index contributed by atoms with van der Waals surface area (Å²) in [6, 6.07) is 0. The predicted molar refractivity (Wildman–Crippen MR) is 66.3 cm³/mol. The molecular formula is C11H13N7O. The van der Waals surface area contributed by atoms with Gasteiger partial charge in [0, 0.05) is 20.1 Å². The third-order valence-electron chi connectivity index (χ3n) is 3.05. The maximum atomic E-state index is 12.3. The number of amides is 1. The fourth-order valence-corrected chi connectivity index (χ4v) is 1.97. The summed E-state index contributed by atoms with van der Waals surface area (Å²) >= 11 is 0. The van der Waals surface area contributed by atoms with Gasteiger partial charge in [-0.2, -0.15) is 0 Å². The normalized spacial score (nSPS) is 14.1. The van der Waals surface area contributed by atoms with Crippen molar-refractivity contribution in [2.75, 3.05) is 18.9 Å². The first kappa shape index (κ1) is 11.6. The van der Waals surface area contributed by atoms with Gasteiger partial charge in [0.05, 0.1) is 18.9 Å². The van der Waals surface area contributed by atoms with Crippen LogP contribution in [0.5, 0.6) is 0 Å². The molecule has 0 atom stereocenters. The molecule has 0 unspecified atom stereocenters. The molecule has 0 bridgehead atoms. The summed E-state index contributed by atoms with van der Waals surface area (Å²) in [5.74, 6) is 1.29. The van der Waals surface area contributed by atoms with Crippen molar-refractivity contribution in [3.8, 4) is 0 Å². The van der Waals surface area contributed by atoms with E-state index < -0.39 is 0 Å². The zero-order chi connectivity index (χ0) is 13.2. The third-order valence-corrected chi connectivity index (χ3v) is 3.05. The second-order valence-corrected chi connectivity index (χ2v) is 4.20. The SMILES string of the molecule is CNc1cnc(C(=O)N2CCn3cnnc3C2)cn1. The molecule has 1 amide bonds. The smallest absolute Gasteiger partial charge is 0.274 e. The highest BCUT2D eigenvalue weighted by atomic mass is 16.2. The van der Waals surface area contributed by atoms with Crippen molar-refractivity contribution in [3.05, 3.63) is 30.2 Å². The molecule has 3 rings (SSSR count). The van der Waals surface area contributed by atoms with E-state index in [9.17, 15) is 4.79 Å². The van der Waals surface area contributed by atoms with Gasteiger partial charge in [-0.1, -0.05) is 0 Å². The highest BCUT2D eigenvalue weighted by molar-refractivity contribution is 5.92. The van der Waals surface area contributed by atoms with E-state index in [0.717, 1.165) is 5.82 Å². The predicted octanol–water partition coefficient (Wildman–Crippen LogP) is -0.234. The Morgan fingerprint density at radius 3 is 2.95 bits per heavy atom. The summed E-state index contributed by atoms with van der Waals surface area (Å²) in [7, 11) is 1.75. The standard InChI is InChI=1S/C11H13N7O/c1-12-9-5-13-8(4-14-9)11(19)17-2-3-18-7-15-16-10(18)6-17/h4-5,7H,2-3,6H2,1H3,(H,12,14). The molecule has 0 aliphatic carbocycles. The molecule has 0 saturated carbocycles. The largest absolute Gasteiger partial charge is 0.372 e. The van der Waals surface area contributed by atoms with Gasteiger partial charge in [0.1, 0.15) is 17.8 Å². The Bertz CT molecular complexity index is 591. The van der Waals surface area contributed by atoms with Crippen molar-refractivity contribution in [1.29, 1.82) is 0 Å². The van der Waals surface area contributed by atoms with E-state index in [1.807, 2.05) is 4.57 Å². The highest BCUT2D eigenvalue weighted by Gasteiger charge is 2.23. The van der Waals surface area contributed by atoms with E-state index in [1.165, 1.54) is 6.20 Å². The van der Waals surface area contributed by atoms with Gasteiger partial charge in [0.2, 0.25) is 0 Å². The molecule has 0 radical (unpaired) electrons. The van der Waals surface area contributed by atoms with Gasteiger partial charge in [0.15, 0.2) is 5.82 Å². The molecule has 3 heterocycles. The van der Waals surface area contributed by atoms with Gasteiger partial charge in [-0.15, -0.1) is 10.2 Å². The number of hydrogen-bond donors (Lipinski definition) is 1. The molecule has 8 nitrogen and oxygen atoms in total. The van der Waals surface area contributed by atoms with E-state index in [1.54, 1.807) is 24.5 Å². The Balaban J connectivity index is 1.77. The number of carbonyl (C=O) groups excluding carboxylic acids is 1. The zero-order valence-electron chi connectivity index (χ0n) is 10.4. The van der Waals surface area contributed by atoms with E-state index in [2.05, 4.69) is 25.5 Å². The summed E-state index contributed by atoms with van der Waals surface area (Å²) in [6.45, 7) is 1.78. The van der Waals surface area contributed by atoms with Crippen LogP contribution in [0.2, 0.25) is 0 Å². The minimum atomic E-state index is -0.135. The van der Waals surface area contributed by atoms with E-state index in [-0.39, 0.29) is 5.91 Å². The number of rotatable bonds is 2. The monoisotopic (exact) mass is 259 g/mol.